The number of urea groups is 1. The van der Waals surface area contributed by atoms with Gasteiger partial charge in [-0.25, -0.2) is 14.6 Å². The van der Waals surface area contributed by atoms with Crippen LogP contribution in [0.15, 0.2) is 18.3 Å². The van der Waals surface area contributed by atoms with Gasteiger partial charge in [0.05, 0.1) is 5.69 Å². The van der Waals surface area contributed by atoms with E-state index in [9.17, 15) is 9.59 Å². The van der Waals surface area contributed by atoms with Crippen LogP contribution < -0.4 is 5.32 Å². The first-order valence-electron chi connectivity index (χ1n) is 6.23. The van der Waals surface area contributed by atoms with Gasteiger partial charge in [-0.3, -0.25) is 0 Å². The zero-order chi connectivity index (χ0) is 14.0. The Kier molecular flexibility index (Phi) is 3.69. The number of pyridine rings is 1. The number of carboxylic acid groups (broad SMARTS) is 1. The largest absolute Gasteiger partial charge is 0.476 e. The third-order valence-corrected chi connectivity index (χ3v) is 3.49. The van der Waals surface area contributed by atoms with E-state index in [4.69, 9.17) is 5.11 Å². The number of carboxylic acids is 1. The summed E-state index contributed by atoms with van der Waals surface area (Å²) >= 11 is 0. The molecule has 0 aliphatic heterocycles. The van der Waals surface area contributed by atoms with Crippen molar-refractivity contribution in [3.8, 4) is 0 Å². The smallest absolute Gasteiger partial charge is 0.356 e. The Morgan fingerprint density at radius 3 is 2.79 bits per heavy atom. The fraction of sp³-hybridized carbons (Fsp3) is 0.462. The van der Waals surface area contributed by atoms with Gasteiger partial charge in [-0.15, -0.1) is 0 Å². The maximum absolute atomic E-state index is 12.1. The molecule has 0 bridgehead atoms. The van der Waals surface area contributed by atoms with E-state index in [-0.39, 0.29) is 23.5 Å². The van der Waals surface area contributed by atoms with E-state index in [1.165, 1.54) is 12.3 Å². The molecule has 1 atom stereocenters. The summed E-state index contributed by atoms with van der Waals surface area (Å²) in [5.74, 6) is -0.600. The Balaban J connectivity index is 2.08. The summed E-state index contributed by atoms with van der Waals surface area (Å²) < 4.78 is 0. The van der Waals surface area contributed by atoms with E-state index in [2.05, 4.69) is 10.3 Å². The average Bonchev–Trinajstić information content (AvgIpc) is 3.21. The molecule has 0 spiro atoms. The van der Waals surface area contributed by atoms with Crippen molar-refractivity contribution < 1.29 is 14.7 Å². The molecule has 1 heterocycles. The fourth-order valence-electron chi connectivity index (χ4n) is 1.96. The summed E-state index contributed by atoms with van der Waals surface area (Å²) in [6.45, 7) is 2.00. The highest BCUT2D eigenvalue weighted by Gasteiger charge is 2.32. The van der Waals surface area contributed by atoms with Gasteiger partial charge < -0.3 is 15.3 Å². The molecule has 1 unspecified atom stereocenters. The molecule has 1 aliphatic carbocycles. The molecular formula is C13H17N3O3. The Labute approximate surface area is 111 Å². The van der Waals surface area contributed by atoms with Crippen molar-refractivity contribution in [2.45, 2.75) is 25.8 Å². The minimum Gasteiger partial charge on any atom is -0.476 e. The third kappa shape index (κ3) is 3.01. The van der Waals surface area contributed by atoms with Crippen LogP contribution in [-0.2, 0) is 0 Å². The van der Waals surface area contributed by atoms with Crippen molar-refractivity contribution in [3.05, 3.63) is 24.0 Å². The first kappa shape index (κ1) is 13.3. The minimum atomic E-state index is -1.16. The van der Waals surface area contributed by atoms with E-state index in [0.29, 0.717) is 5.92 Å². The zero-order valence-corrected chi connectivity index (χ0v) is 11.0. The number of amides is 2. The number of hydrogen-bond donors (Lipinski definition) is 2. The highest BCUT2D eigenvalue weighted by atomic mass is 16.4. The number of rotatable bonds is 4. The zero-order valence-electron chi connectivity index (χ0n) is 11.0. The monoisotopic (exact) mass is 263 g/mol. The van der Waals surface area contributed by atoms with Gasteiger partial charge in [0.15, 0.2) is 5.69 Å². The van der Waals surface area contributed by atoms with Gasteiger partial charge >= 0.3 is 12.0 Å². The van der Waals surface area contributed by atoms with E-state index in [0.717, 1.165) is 12.8 Å². The lowest BCUT2D eigenvalue weighted by Gasteiger charge is -2.25. The molecular weight excluding hydrogens is 246 g/mol. The Morgan fingerprint density at radius 2 is 2.21 bits per heavy atom. The maximum Gasteiger partial charge on any atom is 0.356 e. The van der Waals surface area contributed by atoms with E-state index in [1.807, 2.05) is 6.92 Å². The van der Waals surface area contributed by atoms with Crippen LogP contribution in [0.5, 0.6) is 0 Å². The van der Waals surface area contributed by atoms with Crippen LogP contribution in [0.3, 0.4) is 0 Å². The molecule has 19 heavy (non-hydrogen) atoms. The number of carbonyl (C=O) groups excluding carboxylic acids is 1. The second-order valence-corrected chi connectivity index (χ2v) is 4.82. The average molecular weight is 263 g/mol. The summed E-state index contributed by atoms with van der Waals surface area (Å²) in [5, 5.41) is 11.6. The van der Waals surface area contributed by atoms with Gasteiger partial charge in [-0.05, 0) is 37.8 Å². The van der Waals surface area contributed by atoms with Crippen molar-refractivity contribution in [3.63, 3.8) is 0 Å². The second-order valence-electron chi connectivity index (χ2n) is 4.82. The lowest BCUT2D eigenvalue weighted by atomic mass is 10.2. The molecule has 0 aromatic carbocycles. The first-order valence-corrected chi connectivity index (χ1v) is 6.23. The molecule has 2 rings (SSSR count). The number of carbonyl (C=O) groups is 2. The molecule has 1 aromatic rings. The number of nitrogens with one attached hydrogen (secondary N) is 1. The molecule has 0 saturated heterocycles. The molecule has 1 saturated carbocycles. The number of aromatic nitrogens is 1. The molecule has 1 aliphatic rings. The molecule has 6 nitrogen and oxygen atoms in total. The van der Waals surface area contributed by atoms with Crippen LogP contribution in [0, 0.1) is 5.92 Å². The van der Waals surface area contributed by atoms with Crippen LogP contribution in [-0.4, -0.2) is 40.1 Å². The standard InChI is InChI=1S/C13H17N3O3/c1-8(9-5-6-9)16(2)13(19)15-10-4-3-7-14-11(10)12(17)18/h3-4,7-9H,5-6H2,1-2H3,(H,15,19)(H,17,18). The van der Waals surface area contributed by atoms with Gasteiger partial charge in [-0.2, -0.15) is 0 Å². The molecule has 102 valence electrons. The van der Waals surface area contributed by atoms with Gasteiger partial charge in [0.1, 0.15) is 0 Å². The SMILES string of the molecule is CC(C1CC1)N(C)C(=O)Nc1cccnc1C(=O)O. The normalized spacial score (nSPS) is 15.7. The van der Waals surface area contributed by atoms with Crippen molar-refractivity contribution in [1.82, 2.24) is 9.88 Å². The number of nitrogens with zero attached hydrogens (tertiary/aromatic N) is 2. The summed E-state index contributed by atoms with van der Waals surface area (Å²) in [6, 6.07) is 2.97. The van der Waals surface area contributed by atoms with Gasteiger partial charge in [-0.1, -0.05) is 0 Å². The summed E-state index contributed by atoms with van der Waals surface area (Å²) in [6.07, 6.45) is 3.67. The van der Waals surface area contributed by atoms with Crippen molar-refractivity contribution in [2.24, 2.45) is 5.92 Å². The number of hydrogen-bond acceptors (Lipinski definition) is 3. The number of anilines is 1. The van der Waals surface area contributed by atoms with Crippen LogP contribution in [0.1, 0.15) is 30.3 Å². The Hall–Kier alpha value is -2.11. The highest BCUT2D eigenvalue weighted by Crippen LogP contribution is 2.34. The predicted molar refractivity (Wildman–Crippen MR) is 70.2 cm³/mol. The van der Waals surface area contributed by atoms with Gasteiger partial charge in [0.2, 0.25) is 0 Å². The van der Waals surface area contributed by atoms with Crippen molar-refractivity contribution in [2.75, 3.05) is 12.4 Å². The lowest BCUT2D eigenvalue weighted by Crippen LogP contribution is -2.39. The number of aromatic carboxylic acids is 1. The van der Waals surface area contributed by atoms with Crippen LogP contribution in [0.2, 0.25) is 0 Å². The topological polar surface area (TPSA) is 82.5 Å². The first-order chi connectivity index (χ1) is 9.00. The third-order valence-electron chi connectivity index (χ3n) is 3.49. The van der Waals surface area contributed by atoms with Crippen molar-refractivity contribution in [1.29, 1.82) is 0 Å². The molecule has 2 amide bonds. The van der Waals surface area contributed by atoms with Gasteiger partial charge in [0, 0.05) is 19.3 Å². The van der Waals surface area contributed by atoms with Crippen LogP contribution >= 0.6 is 0 Å². The predicted octanol–water partition coefficient (Wildman–Crippen LogP) is 2.04. The molecule has 1 fully saturated rings. The van der Waals surface area contributed by atoms with Crippen molar-refractivity contribution >= 4 is 17.7 Å². The van der Waals surface area contributed by atoms with E-state index >= 15 is 0 Å². The summed E-state index contributed by atoms with van der Waals surface area (Å²) in [7, 11) is 1.72. The maximum atomic E-state index is 12.1. The fourth-order valence-corrected chi connectivity index (χ4v) is 1.96. The Morgan fingerprint density at radius 1 is 1.53 bits per heavy atom. The molecule has 1 aromatic heterocycles. The minimum absolute atomic E-state index is 0.150. The molecule has 0 radical (unpaired) electrons. The van der Waals surface area contributed by atoms with Crippen LogP contribution in [0.4, 0.5) is 10.5 Å². The van der Waals surface area contributed by atoms with E-state index in [1.54, 1.807) is 18.0 Å². The van der Waals surface area contributed by atoms with Crippen LogP contribution in [0.25, 0.3) is 0 Å². The lowest BCUT2D eigenvalue weighted by molar-refractivity contribution is 0.0691. The highest BCUT2D eigenvalue weighted by molar-refractivity contribution is 5.98. The summed E-state index contributed by atoms with van der Waals surface area (Å²) in [5.41, 5.74) is 0.0678. The Bertz CT molecular complexity index is 500. The molecule has 6 heteroatoms. The van der Waals surface area contributed by atoms with E-state index < -0.39 is 5.97 Å². The molecule has 2 N–H and O–H groups in total. The summed E-state index contributed by atoms with van der Waals surface area (Å²) in [4.78, 5) is 28.4. The second kappa shape index (κ2) is 5.26. The quantitative estimate of drug-likeness (QED) is 0.870. The van der Waals surface area contributed by atoms with Gasteiger partial charge in [0.25, 0.3) is 0 Å².